The number of amides is 1. The summed E-state index contributed by atoms with van der Waals surface area (Å²) >= 11 is 0. The van der Waals surface area contributed by atoms with Crippen LogP contribution in [0.15, 0.2) is 42.5 Å². The van der Waals surface area contributed by atoms with E-state index in [2.05, 4.69) is 15.5 Å². The Morgan fingerprint density at radius 2 is 1.65 bits per heavy atom. The third-order valence-electron chi connectivity index (χ3n) is 3.96. The number of anilines is 1. The lowest BCUT2D eigenvalue weighted by Crippen LogP contribution is -2.15. The Kier molecular flexibility index (Phi) is 4.88. The summed E-state index contributed by atoms with van der Waals surface area (Å²) in [6, 6.07) is 13.0. The van der Waals surface area contributed by atoms with Gasteiger partial charge in [0.15, 0.2) is 17.2 Å². The molecular formula is C19H20N4O3. The molecule has 0 saturated heterocycles. The molecular weight excluding hydrogens is 332 g/mol. The molecule has 0 saturated carbocycles. The molecule has 0 aliphatic carbocycles. The fourth-order valence-corrected chi connectivity index (χ4v) is 2.56. The van der Waals surface area contributed by atoms with Gasteiger partial charge in [-0.1, -0.05) is 18.2 Å². The number of hydrogen-bond acceptors (Lipinski definition) is 5. The summed E-state index contributed by atoms with van der Waals surface area (Å²) in [4.78, 5) is 14.1. The van der Waals surface area contributed by atoms with E-state index in [0.29, 0.717) is 22.9 Å². The Balaban J connectivity index is 1.88. The Morgan fingerprint density at radius 3 is 2.31 bits per heavy atom. The van der Waals surface area contributed by atoms with Crippen LogP contribution < -0.4 is 14.8 Å². The Bertz CT molecular complexity index is 935. The van der Waals surface area contributed by atoms with Gasteiger partial charge < -0.3 is 14.8 Å². The van der Waals surface area contributed by atoms with Crippen LogP contribution >= 0.6 is 0 Å². The molecule has 0 unspecified atom stereocenters. The van der Waals surface area contributed by atoms with E-state index in [1.807, 2.05) is 43.3 Å². The van der Waals surface area contributed by atoms with Gasteiger partial charge in [-0.3, -0.25) is 4.79 Å². The second kappa shape index (κ2) is 7.26. The van der Waals surface area contributed by atoms with E-state index >= 15 is 0 Å². The zero-order valence-electron chi connectivity index (χ0n) is 15.1. The van der Waals surface area contributed by atoms with Crippen LogP contribution in [-0.4, -0.2) is 35.1 Å². The minimum Gasteiger partial charge on any atom is -0.493 e. The number of aryl methyl sites for hydroxylation is 2. The van der Waals surface area contributed by atoms with Crippen molar-refractivity contribution in [2.45, 2.75) is 13.8 Å². The predicted octanol–water partition coefficient (Wildman–Crippen LogP) is 3.15. The topological polar surface area (TPSA) is 78.3 Å². The van der Waals surface area contributed by atoms with Crippen LogP contribution in [0.25, 0.3) is 5.69 Å². The first-order valence-electron chi connectivity index (χ1n) is 8.07. The molecule has 0 fully saturated rings. The number of nitrogens with zero attached hydrogens (tertiary/aromatic N) is 3. The summed E-state index contributed by atoms with van der Waals surface area (Å²) in [5, 5.41) is 11.5. The van der Waals surface area contributed by atoms with E-state index in [1.54, 1.807) is 27.2 Å². The average Bonchev–Trinajstić information content (AvgIpc) is 3.05. The van der Waals surface area contributed by atoms with E-state index in [1.165, 1.54) is 4.80 Å². The Hall–Kier alpha value is -3.35. The fourth-order valence-electron chi connectivity index (χ4n) is 2.56. The van der Waals surface area contributed by atoms with Crippen molar-refractivity contribution in [3.63, 3.8) is 0 Å². The summed E-state index contributed by atoms with van der Waals surface area (Å²) < 4.78 is 10.6. The molecule has 2 aromatic carbocycles. The second-order valence-corrected chi connectivity index (χ2v) is 5.74. The highest BCUT2D eigenvalue weighted by Gasteiger charge is 2.18. The first-order chi connectivity index (χ1) is 12.5. The molecule has 0 radical (unpaired) electrons. The van der Waals surface area contributed by atoms with Gasteiger partial charge in [-0.15, -0.1) is 5.10 Å². The molecule has 3 rings (SSSR count). The van der Waals surface area contributed by atoms with Gasteiger partial charge in [0.25, 0.3) is 5.91 Å². The number of aromatic nitrogens is 3. The van der Waals surface area contributed by atoms with Gasteiger partial charge in [0, 0.05) is 11.8 Å². The van der Waals surface area contributed by atoms with Crippen LogP contribution in [-0.2, 0) is 0 Å². The molecule has 3 aromatic rings. The number of carbonyl (C=O) groups excluding carboxylic acids is 1. The summed E-state index contributed by atoms with van der Waals surface area (Å²) in [5.74, 6) is 0.812. The molecule has 0 spiro atoms. The number of ether oxygens (including phenoxy) is 2. The van der Waals surface area contributed by atoms with Crippen LogP contribution in [0.1, 0.15) is 21.7 Å². The summed E-state index contributed by atoms with van der Waals surface area (Å²) in [7, 11) is 3.12. The fraction of sp³-hybridized carbons (Fsp3) is 0.211. The number of nitrogens with one attached hydrogen (secondary N) is 1. The standard InChI is InChI=1S/C19H20N4O3/c1-12-10-16(25-3)17(26-4)11-15(12)20-19(24)18-13(2)21-23(22-18)14-8-6-5-7-9-14/h5-11H,1-4H3,(H,20,24). The van der Waals surface area contributed by atoms with Gasteiger partial charge in [-0.05, 0) is 37.6 Å². The normalized spacial score (nSPS) is 10.5. The lowest BCUT2D eigenvalue weighted by molar-refractivity contribution is 0.102. The van der Waals surface area contributed by atoms with E-state index in [9.17, 15) is 4.79 Å². The number of hydrogen-bond donors (Lipinski definition) is 1. The maximum absolute atomic E-state index is 12.7. The molecule has 134 valence electrons. The Labute approximate surface area is 151 Å². The van der Waals surface area contributed by atoms with Crippen LogP contribution in [0.5, 0.6) is 11.5 Å². The first-order valence-corrected chi connectivity index (χ1v) is 8.07. The highest BCUT2D eigenvalue weighted by molar-refractivity contribution is 6.04. The zero-order chi connectivity index (χ0) is 18.7. The van der Waals surface area contributed by atoms with Crippen molar-refractivity contribution in [1.82, 2.24) is 15.0 Å². The zero-order valence-corrected chi connectivity index (χ0v) is 15.1. The highest BCUT2D eigenvalue weighted by Crippen LogP contribution is 2.33. The van der Waals surface area contributed by atoms with Crippen LogP contribution in [0.2, 0.25) is 0 Å². The van der Waals surface area contributed by atoms with Crippen molar-refractivity contribution >= 4 is 11.6 Å². The second-order valence-electron chi connectivity index (χ2n) is 5.74. The third kappa shape index (κ3) is 3.37. The molecule has 0 atom stereocenters. The lowest BCUT2D eigenvalue weighted by Gasteiger charge is -2.13. The molecule has 1 aromatic heterocycles. The van der Waals surface area contributed by atoms with Gasteiger partial charge in [-0.2, -0.15) is 9.90 Å². The molecule has 1 heterocycles. The van der Waals surface area contributed by atoms with Crippen molar-refractivity contribution in [2.75, 3.05) is 19.5 Å². The van der Waals surface area contributed by atoms with Crippen molar-refractivity contribution in [2.24, 2.45) is 0 Å². The molecule has 7 heteroatoms. The maximum Gasteiger partial charge on any atom is 0.278 e. The first kappa shape index (κ1) is 17.5. The van der Waals surface area contributed by atoms with Gasteiger partial charge in [-0.25, -0.2) is 0 Å². The maximum atomic E-state index is 12.7. The Morgan fingerprint density at radius 1 is 1.00 bits per heavy atom. The predicted molar refractivity (Wildman–Crippen MR) is 98.3 cm³/mol. The smallest absolute Gasteiger partial charge is 0.278 e. The minimum absolute atomic E-state index is 0.267. The van der Waals surface area contributed by atoms with Gasteiger partial charge in [0.2, 0.25) is 0 Å². The van der Waals surface area contributed by atoms with Crippen LogP contribution in [0.4, 0.5) is 5.69 Å². The molecule has 26 heavy (non-hydrogen) atoms. The van der Waals surface area contributed by atoms with Crippen molar-refractivity contribution in [1.29, 1.82) is 0 Å². The van der Waals surface area contributed by atoms with E-state index in [0.717, 1.165) is 11.3 Å². The number of methoxy groups -OCH3 is 2. The SMILES string of the molecule is COc1cc(C)c(NC(=O)c2nn(-c3ccccc3)nc2C)cc1OC. The van der Waals surface area contributed by atoms with Gasteiger partial charge in [0.1, 0.15) is 0 Å². The highest BCUT2D eigenvalue weighted by atomic mass is 16.5. The molecule has 0 aliphatic heterocycles. The summed E-state index contributed by atoms with van der Waals surface area (Å²) in [6.07, 6.45) is 0. The molecule has 1 amide bonds. The average molecular weight is 352 g/mol. The largest absolute Gasteiger partial charge is 0.493 e. The van der Waals surface area contributed by atoms with Crippen LogP contribution in [0.3, 0.4) is 0 Å². The van der Waals surface area contributed by atoms with Gasteiger partial charge in [0.05, 0.1) is 25.6 Å². The molecule has 7 nitrogen and oxygen atoms in total. The minimum atomic E-state index is -0.333. The number of carbonyl (C=O) groups is 1. The molecule has 0 aliphatic rings. The van der Waals surface area contributed by atoms with Crippen molar-refractivity contribution < 1.29 is 14.3 Å². The summed E-state index contributed by atoms with van der Waals surface area (Å²) in [6.45, 7) is 3.63. The van der Waals surface area contributed by atoms with Crippen molar-refractivity contribution in [3.05, 3.63) is 59.4 Å². The monoisotopic (exact) mass is 352 g/mol. The molecule has 1 N–H and O–H groups in total. The lowest BCUT2D eigenvalue weighted by atomic mass is 10.1. The van der Waals surface area contributed by atoms with E-state index < -0.39 is 0 Å². The quantitative estimate of drug-likeness (QED) is 0.763. The van der Waals surface area contributed by atoms with E-state index in [-0.39, 0.29) is 11.6 Å². The van der Waals surface area contributed by atoms with Crippen LogP contribution in [0, 0.1) is 13.8 Å². The third-order valence-corrected chi connectivity index (χ3v) is 3.96. The number of para-hydroxylation sites is 1. The van der Waals surface area contributed by atoms with E-state index in [4.69, 9.17) is 9.47 Å². The summed E-state index contributed by atoms with van der Waals surface area (Å²) in [5.41, 5.74) is 3.08. The number of rotatable bonds is 5. The molecule has 0 bridgehead atoms. The number of benzene rings is 2. The van der Waals surface area contributed by atoms with Gasteiger partial charge >= 0.3 is 0 Å². The van der Waals surface area contributed by atoms with Crippen molar-refractivity contribution in [3.8, 4) is 17.2 Å².